The molecule has 0 spiro atoms. The first-order valence-corrected chi connectivity index (χ1v) is 5.58. The zero-order valence-corrected chi connectivity index (χ0v) is 9.92. The van der Waals surface area contributed by atoms with Gasteiger partial charge in [-0.15, -0.1) is 0 Å². The predicted octanol–water partition coefficient (Wildman–Crippen LogP) is 3.36. The molecule has 0 saturated heterocycles. The second kappa shape index (κ2) is 3.19. The quantitative estimate of drug-likeness (QED) is 0.630. The number of ketones is 1. The normalized spacial score (nSPS) is 20.5. The van der Waals surface area contributed by atoms with Crippen LogP contribution in [0.1, 0.15) is 49.2 Å². The summed E-state index contributed by atoms with van der Waals surface area (Å²) in [6, 6.07) is 6.13. The van der Waals surface area contributed by atoms with Crippen LogP contribution in [-0.2, 0) is 11.8 Å². The predicted molar refractivity (Wildman–Crippen MR) is 62.3 cm³/mol. The number of hydrogen-bond acceptors (Lipinski definition) is 1. The van der Waals surface area contributed by atoms with E-state index in [-0.39, 0.29) is 11.3 Å². The molecule has 0 bridgehead atoms. The highest BCUT2D eigenvalue weighted by Crippen LogP contribution is 2.35. The van der Waals surface area contributed by atoms with Crippen molar-refractivity contribution in [3.05, 3.63) is 34.9 Å². The van der Waals surface area contributed by atoms with Crippen LogP contribution in [0.4, 0.5) is 0 Å². The van der Waals surface area contributed by atoms with Crippen molar-refractivity contribution in [3.63, 3.8) is 0 Å². The first-order chi connectivity index (χ1) is 6.91. The molecule has 0 fully saturated rings. The molecule has 15 heavy (non-hydrogen) atoms. The van der Waals surface area contributed by atoms with E-state index in [4.69, 9.17) is 0 Å². The maximum absolute atomic E-state index is 11.9. The van der Waals surface area contributed by atoms with Gasteiger partial charge in [-0.1, -0.05) is 45.9 Å². The largest absolute Gasteiger partial charge is 0.294 e. The highest BCUT2D eigenvalue weighted by molar-refractivity contribution is 6.02. The van der Waals surface area contributed by atoms with Crippen molar-refractivity contribution in [1.29, 1.82) is 0 Å². The Kier molecular flexibility index (Phi) is 2.22. The van der Waals surface area contributed by atoms with Gasteiger partial charge in [-0.05, 0) is 23.0 Å². The van der Waals surface area contributed by atoms with Crippen LogP contribution in [0.2, 0.25) is 0 Å². The van der Waals surface area contributed by atoms with E-state index in [1.807, 2.05) is 19.1 Å². The number of carbonyl (C=O) groups excluding carboxylic acids is 1. The van der Waals surface area contributed by atoms with Gasteiger partial charge in [0, 0.05) is 11.5 Å². The molecule has 1 heteroatoms. The standard InChI is InChI=1S/C14H18O/c1-9-8-11-10(13(9)15)6-5-7-12(11)14(2,3)4/h5-7,9H,8H2,1-4H3. The number of Topliss-reactive ketones (excluding diaryl/α,β-unsaturated/α-hetero) is 1. The van der Waals surface area contributed by atoms with Crippen molar-refractivity contribution < 1.29 is 4.79 Å². The molecule has 0 amide bonds. The van der Waals surface area contributed by atoms with Gasteiger partial charge in [-0.2, -0.15) is 0 Å². The third-order valence-electron chi connectivity index (χ3n) is 3.21. The molecule has 2 rings (SSSR count). The van der Waals surface area contributed by atoms with Gasteiger partial charge in [0.2, 0.25) is 0 Å². The molecule has 0 N–H and O–H groups in total. The molecule has 80 valence electrons. The summed E-state index contributed by atoms with van der Waals surface area (Å²) < 4.78 is 0. The molecule has 1 nitrogen and oxygen atoms in total. The van der Waals surface area contributed by atoms with E-state index in [0.717, 1.165) is 12.0 Å². The number of rotatable bonds is 0. The van der Waals surface area contributed by atoms with E-state index in [1.54, 1.807) is 0 Å². The summed E-state index contributed by atoms with van der Waals surface area (Å²) in [5.41, 5.74) is 3.70. The summed E-state index contributed by atoms with van der Waals surface area (Å²) in [4.78, 5) is 11.9. The molecule has 1 atom stereocenters. The fraction of sp³-hybridized carbons (Fsp3) is 0.500. The fourth-order valence-corrected chi connectivity index (χ4v) is 2.40. The average Bonchev–Trinajstić information content (AvgIpc) is 2.41. The summed E-state index contributed by atoms with van der Waals surface area (Å²) in [6.07, 6.45) is 0.918. The Morgan fingerprint density at radius 2 is 1.93 bits per heavy atom. The number of carbonyl (C=O) groups is 1. The fourth-order valence-electron chi connectivity index (χ4n) is 2.40. The molecule has 1 unspecified atom stereocenters. The van der Waals surface area contributed by atoms with Gasteiger partial charge >= 0.3 is 0 Å². The summed E-state index contributed by atoms with van der Waals surface area (Å²) >= 11 is 0. The molecule has 1 aliphatic carbocycles. The van der Waals surface area contributed by atoms with Crippen LogP contribution in [0.3, 0.4) is 0 Å². The molecular weight excluding hydrogens is 184 g/mol. The smallest absolute Gasteiger partial charge is 0.166 e. The van der Waals surface area contributed by atoms with Crippen molar-refractivity contribution in [3.8, 4) is 0 Å². The van der Waals surface area contributed by atoms with Crippen LogP contribution in [-0.4, -0.2) is 5.78 Å². The molecule has 1 aliphatic rings. The Balaban J connectivity index is 2.60. The number of fused-ring (bicyclic) bond motifs is 1. The molecule has 0 radical (unpaired) electrons. The molecule has 0 heterocycles. The molecule has 0 saturated carbocycles. The van der Waals surface area contributed by atoms with Crippen LogP contribution in [0.5, 0.6) is 0 Å². The lowest BCUT2D eigenvalue weighted by Gasteiger charge is -2.22. The first kappa shape index (κ1) is 10.4. The minimum atomic E-state index is 0.135. The highest BCUT2D eigenvalue weighted by atomic mass is 16.1. The van der Waals surface area contributed by atoms with Crippen molar-refractivity contribution in [1.82, 2.24) is 0 Å². The van der Waals surface area contributed by atoms with Gasteiger partial charge in [0.05, 0.1) is 0 Å². The van der Waals surface area contributed by atoms with E-state index in [2.05, 4.69) is 26.8 Å². The van der Waals surface area contributed by atoms with Crippen molar-refractivity contribution in [2.45, 2.75) is 39.5 Å². The molecule has 1 aromatic rings. The maximum Gasteiger partial charge on any atom is 0.166 e. The summed E-state index contributed by atoms with van der Waals surface area (Å²) in [6.45, 7) is 8.64. The Morgan fingerprint density at radius 3 is 2.53 bits per heavy atom. The molecule has 1 aromatic carbocycles. The van der Waals surface area contributed by atoms with E-state index in [1.165, 1.54) is 11.1 Å². The van der Waals surface area contributed by atoms with E-state index in [0.29, 0.717) is 5.78 Å². The van der Waals surface area contributed by atoms with Crippen LogP contribution >= 0.6 is 0 Å². The number of benzene rings is 1. The van der Waals surface area contributed by atoms with E-state index >= 15 is 0 Å². The molecular formula is C14H18O. The van der Waals surface area contributed by atoms with Crippen LogP contribution in [0.15, 0.2) is 18.2 Å². The Morgan fingerprint density at radius 1 is 1.27 bits per heavy atom. The topological polar surface area (TPSA) is 17.1 Å². The van der Waals surface area contributed by atoms with Crippen molar-refractivity contribution >= 4 is 5.78 Å². The summed E-state index contributed by atoms with van der Waals surface area (Å²) in [7, 11) is 0. The lowest BCUT2D eigenvalue weighted by Crippen LogP contribution is -2.14. The maximum atomic E-state index is 11.9. The zero-order chi connectivity index (χ0) is 11.2. The van der Waals surface area contributed by atoms with Gasteiger partial charge < -0.3 is 0 Å². The van der Waals surface area contributed by atoms with Crippen molar-refractivity contribution in [2.24, 2.45) is 5.92 Å². The Labute approximate surface area is 91.5 Å². The minimum absolute atomic E-state index is 0.135. The first-order valence-electron chi connectivity index (χ1n) is 5.58. The molecule has 0 aromatic heterocycles. The second-order valence-electron chi connectivity index (χ2n) is 5.55. The minimum Gasteiger partial charge on any atom is -0.294 e. The van der Waals surface area contributed by atoms with E-state index < -0.39 is 0 Å². The Hall–Kier alpha value is -1.11. The average molecular weight is 202 g/mol. The van der Waals surface area contributed by atoms with Crippen LogP contribution < -0.4 is 0 Å². The third kappa shape index (κ3) is 1.60. The zero-order valence-electron chi connectivity index (χ0n) is 9.92. The van der Waals surface area contributed by atoms with Gasteiger partial charge in [-0.3, -0.25) is 4.79 Å². The van der Waals surface area contributed by atoms with Crippen molar-refractivity contribution in [2.75, 3.05) is 0 Å². The highest BCUT2D eigenvalue weighted by Gasteiger charge is 2.31. The van der Waals surface area contributed by atoms with Gasteiger partial charge in [0.25, 0.3) is 0 Å². The lowest BCUT2D eigenvalue weighted by atomic mass is 9.82. The van der Waals surface area contributed by atoms with Gasteiger partial charge in [-0.25, -0.2) is 0 Å². The lowest BCUT2D eigenvalue weighted by molar-refractivity contribution is 0.0946. The monoisotopic (exact) mass is 202 g/mol. The van der Waals surface area contributed by atoms with Crippen LogP contribution in [0, 0.1) is 5.92 Å². The number of hydrogen-bond donors (Lipinski definition) is 0. The SMILES string of the molecule is CC1Cc2c(cccc2C(C)(C)C)C1=O. The third-order valence-corrected chi connectivity index (χ3v) is 3.21. The Bertz CT molecular complexity index is 410. The van der Waals surface area contributed by atoms with Gasteiger partial charge in [0.15, 0.2) is 5.78 Å². The van der Waals surface area contributed by atoms with Crippen LogP contribution in [0.25, 0.3) is 0 Å². The summed E-state index contributed by atoms with van der Waals surface area (Å²) in [5.74, 6) is 0.486. The second-order valence-corrected chi connectivity index (χ2v) is 5.55. The van der Waals surface area contributed by atoms with Gasteiger partial charge in [0.1, 0.15) is 0 Å². The molecule has 0 aliphatic heterocycles. The van der Waals surface area contributed by atoms with E-state index in [9.17, 15) is 4.79 Å². The summed E-state index contributed by atoms with van der Waals surface area (Å²) in [5, 5.41) is 0.